The van der Waals surface area contributed by atoms with Gasteiger partial charge in [0.05, 0.1) is 9.77 Å². The van der Waals surface area contributed by atoms with Crippen molar-refractivity contribution in [2.24, 2.45) is 5.92 Å². The highest BCUT2D eigenvalue weighted by Gasteiger charge is 2.33. The van der Waals surface area contributed by atoms with Gasteiger partial charge in [-0.05, 0) is 30.9 Å². The predicted molar refractivity (Wildman–Crippen MR) is 82.0 cm³/mol. The number of sulfone groups is 1. The van der Waals surface area contributed by atoms with Gasteiger partial charge in [-0.1, -0.05) is 26.3 Å². The highest BCUT2D eigenvalue weighted by Crippen LogP contribution is 2.36. The van der Waals surface area contributed by atoms with Crippen LogP contribution in [0.5, 0.6) is 0 Å². The molecule has 21 heavy (non-hydrogen) atoms. The maximum Gasteiger partial charge on any atom is 0.374 e. The van der Waals surface area contributed by atoms with Crippen LogP contribution in [0.3, 0.4) is 0 Å². The van der Waals surface area contributed by atoms with E-state index in [0.29, 0.717) is 30.4 Å². The van der Waals surface area contributed by atoms with Crippen molar-refractivity contribution in [2.75, 3.05) is 0 Å². The van der Waals surface area contributed by atoms with Crippen molar-refractivity contribution < 1.29 is 21.6 Å². The molecule has 1 atom stereocenters. The Morgan fingerprint density at radius 1 is 1.29 bits per heavy atom. The topological polar surface area (TPSA) is 105 Å². The van der Waals surface area contributed by atoms with E-state index in [4.69, 9.17) is 5.53 Å². The molecule has 0 aromatic carbocycles. The third-order valence-corrected chi connectivity index (χ3v) is 5.69. The summed E-state index contributed by atoms with van der Waals surface area (Å²) in [5.74, 6) is -0.298. The first kappa shape index (κ1) is 17.6. The van der Waals surface area contributed by atoms with Gasteiger partial charge in [0.15, 0.2) is 0 Å². The minimum atomic E-state index is -3.97. The van der Waals surface area contributed by atoms with E-state index in [1.54, 1.807) is 0 Å². The van der Waals surface area contributed by atoms with E-state index >= 15 is 0 Å². The molecular weight excluding hydrogens is 312 g/mol. The van der Waals surface area contributed by atoms with Gasteiger partial charge in [-0.25, -0.2) is 8.42 Å². The van der Waals surface area contributed by atoms with Gasteiger partial charge in [0.25, 0.3) is 9.84 Å². The van der Waals surface area contributed by atoms with Crippen molar-refractivity contribution in [2.45, 2.75) is 40.0 Å². The van der Waals surface area contributed by atoms with Crippen LogP contribution in [0.2, 0.25) is 0 Å². The molecule has 6 nitrogen and oxygen atoms in total. The molecule has 1 unspecified atom stereocenters. The average molecular weight is 330 g/mol. The monoisotopic (exact) mass is 330 g/mol. The Labute approximate surface area is 126 Å². The molecular formula is C13H18N2O4S2. The maximum absolute atomic E-state index is 12.2. The zero-order valence-corrected chi connectivity index (χ0v) is 13.8. The molecule has 0 N–H and O–H groups in total. The Hall–Kier alpha value is -1.50. The van der Waals surface area contributed by atoms with Crippen LogP contribution in [-0.4, -0.2) is 32.0 Å². The third-order valence-electron chi connectivity index (χ3n) is 3.55. The molecule has 1 aliphatic rings. The van der Waals surface area contributed by atoms with Crippen LogP contribution in [0.1, 0.15) is 40.0 Å². The van der Waals surface area contributed by atoms with Crippen molar-refractivity contribution >= 4 is 30.5 Å². The summed E-state index contributed by atoms with van der Waals surface area (Å²) in [6.07, 6.45) is 2.79. The highest BCUT2D eigenvalue weighted by molar-refractivity contribution is 8.07. The molecule has 0 radical (unpaired) electrons. The molecule has 0 aliphatic heterocycles. The number of rotatable bonds is 5. The molecule has 0 heterocycles. The minimum absolute atomic E-state index is 0.0662. The molecule has 116 valence electrons. The lowest BCUT2D eigenvalue weighted by Crippen LogP contribution is -2.25. The Morgan fingerprint density at radius 3 is 2.29 bits per heavy atom. The fraction of sp³-hybridized carbons (Fsp3) is 0.538. The Morgan fingerprint density at radius 2 is 1.90 bits per heavy atom. The Kier molecular flexibility index (Phi) is 5.83. The second kappa shape index (κ2) is 6.98. The summed E-state index contributed by atoms with van der Waals surface area (Å²) in [6.45, 7) is 5.55. The molecule has 0 saturated heterocycles. The van der Waals surface area contributed by atoms with Crippen molar-refractivity contribution in [3.63, 3.8) is 0 Å². The summed E-state index contributed by atoms with van der Waals surface area (Å²) >= 11 is 0. The first-order valence-corrected chi connectivity index (χ1v) is 9.28. The van der Waals surface area contributed by atoms with Gasteiger partial charge in [0, 0.05) is 5.92 Å². The van der Waals surface area contributed by atoms with Crippen LogP contribution in [0.4, 0.5) is 0 Å². The van der Waals surface area contributed by atoms with Crippen LogP contribution < -0.4 is 0 Å². The van der Waals surface area contributed by atoms with Crippen LogP contribution in [0.25, 0.3) is 5.53 Å². The fourth-order valence-electron chi connectivity index (χ4n) is 2.70. The van der Waals surface area contributed by atoms with E-state index < -0.39 is 20.1 Å². The minimum Gasteiger partial charge on any atom is -0.361 e. The van der Waals surface area contributed by atoms with E-state index in [1.807, 2.05) is 20.8 Å². The van der Waals surface area contributed by atoms with Crippen molar-refractivity contribution in [1.82, 2.24) is 0 Å². The molecule has 0 amide bonds. The lowest BCUT2D eigenvalue weighted by molar-refractivity contribution is 0.00761. The zero-order chi connectivity index (χ0) is 16.2. The number of allylic oxidation sites excluding steroid dienone is 3. The third kappa shape index (κ3) is 3.40. The molecule has 1 aliphatic carbocycles. The number of hydrogen-bond acceptors (Lipinski definition) is 4. The summed E-state index contributed by atoms with van der Waals surface area (Å²) in [5, 5.41) is 0. The summed E-state index contributed by atoms with van der Waals surface area (Å²) in [7, 11) is -6.46. The maximum atomic E-state index is 12.2. The van der Waals surface area contributed by atoms with Gasteiger partial charge in [0.2, 0.25) is 10.3 Å². The van der Waals surface area contributed by atoms with Gasteiger partial charge in [-0.15, -0.1) is 0 Å². The van der Waals surface area contributed by atoms with Crippen molar-refractivity contribution in [3.05, 3.63) is 27.7 Å². The first-order valence-electron chi connectivity index (χ1n) is 6.66. The Balaban J connectivity index is 3.81. The number of nitrogens with zero attached hydrogens (tertiary/aromatic N) is 2. The van der Waals surface area contributed by atoms with Crippen molar-refractivity contribution in [3.8, 4) is 0 Å². The molecule has 0 aromatic heterocycles. The molecule has 1 rings (SSSR count). The summed E-state index contributed by atoms with van der Waals surface area (Å²) in [4.78, 5) is 2.54. The summed E-state index contributed by atoms with van der Waals surface area (Å²) < 4.78 is 47.2. The van der Waals surface area contributed by atoms with Gasteiger partial charge in [0.1, 0.15) is 0 Å². The lowest BCUT2D eigenvalue weighted by Gasteiger charge is -2.26. The van der Waals surface area contributed by atoms with Crippen LogP contribution in [0.15, 0.2) is 22.1 Å². The summed E-state index contributed by atoms with van der Waals surface area (Å²) in [5.41, 5.74) is 10.4. The van der Waals surface area contributed by atoms with Gasteiger partial charge in [-0.2, -0.15) is 13.2 Å². The number of hydrogen-bond donors (Lipinski definition) is 0. The summed E-state index contributed by atoms with van der Waals surface area (Å²) in [6, 6.07) is 0. The van der Waals surface area contributed by atoms with Crippen LogP contribution in [0, 0.1) is 5.92 Å². The van der Waals surface area contributed by atoms with Crippen LogP contribution in [-0.2, 0) is 20.1 Å². The molecule has 0 saturated carbocycles. The van der Waals surface area contributed by atoms with Gasteiger partial charge in [-0.3, -0.25) is 0 Å². The second-order valence-corrected chi connectivity index (χ2v) is 7.26. The van der Waals surface area contributed by atoms with Crippen LogP contribution >= 0.6 is 0 Å². The highest BCUT2D eigenvalue weighted by atomic mass is 32.2. The lowest BCUT2D eigenvalue weighted by atomic mass is 9.82. The quantitative estimate of drug-likeness (QED) is 0.252. The molecule has 0 aromatic rings. The van der Waals surface area contributed by atoms with Gasteiger partial charge >= 0.3 is 5.55 Å². The van der Waals surface area contributed by atoms with E-state index in [0.717, 1.165) is 5.57 Å². The van der Waals surface area contributed by atoms with E-state index in [2.05, 4.69) is 4.79 Å². The molecule has 0 bridgehead atoms. The predicted octanol–water partition coefficient (Wildman–Crippen LogP) is 1.75. The fourth-order valence-corrected chi connectivity index (χ4v) is 4.68. The second-order valence-electron chi connectivity index (χ2n) is 4.58. The normalized spacial score (nSPS) is 19.1. The standard InChI is InChI=1S/C13H18N2O4S2/c1-4-9-10(5-2)12(20(16)17)7-13(11(9)6-3)21(18,19)8-15-14/h7-8,10H,4-6H2,1-3H3. The average Bonchev–Trinajstić information content (AvgIpc) is 2.44. The first-order chi connectivity index (χ1) is 9.83. The van der Waals surface area contributed by atoms with Crippen molar-refractivity contribution in [1.29, 1.82) is 0 Å². The largest absolute Gasteiger partial charge is 0.374 e. The molecule has 0 spiro atoms. The van der Waals surface area contributed by atoms with E-state index in [-0.39, 0.29) is 15.7 Å². The SMILES string of the molecule is CCC1=C(CC)C(CC)C(=S(=O)=O)C=C1S(=O)(=O)C=[N+]=[N-]. The zero-order valence-electron chi connectivity index (χ0n) is 12.2. The smallest absolute Gasteiger partial charge is 0.361 e. The molecule has 8 heteroatoms. The van der Waals surface area contributed by atoms with E-state index in [9.17, 15) is 16.8 Å². The van der Waals surface area contributed by atoms with Gasteiger partial charge < -0.3 is 5.53 Å². The Bertz CT molecular complexity index is 772. The van der Waals surface area contributed by atoms with E-state index in [1.165, 1.54) is 6.08 Å². The molecule has 0 fully saturated rings.